The molecule has 1 aliphatic heterocycles. The number of carbonyl (C=O) groups is 3. The lowest BCUT2D eigenvalue weighted by molar-refractivity contribution is -0.118. The summed E-state index contributed by atoms with van der Waals surface area (Å²) >= 11 is 0. The number of nitrogens with one attached hydrogen (secondary N) is 1. The summed E-state index contributed by atoms with van der Waals surface area (Å²) in [4.78, 5) is 43.6. The molecule has 8 nitrogen and oxygen atoms in total. The number of amides is 2. The van der Waals surface area contributed by atoms with Crippen molar-refractivity contribution in [3.05, 3.63) is 53.9 Å². The second kappa shape index (κ2) is 8.98. The van der Waals surface area contributed by atoms with E-state index in [0.29, 0.717) is 43.0 Å². The molecule has 146 valence electrons. The molecule has 28 heavy (non-hydrogen) atoms. The quantitative estimate of drug-likeness (QED) is 0.605. The first-order valence-electron chi connectivity index (χ1n) is 9.09. The summed E-state index contributed by atoms with van der Waals surface area (Å²) in [6.07, 6.45) is 4.02. The van der Waals surface area contributed by atoms with Crippen LogP contribution in [0.3, 0.4) is 0 Å². The number of aromatic nitrogens is 1. The third kappa shape index (κ3) is 4.46. The molecule has 0 unspecified atom stereocenters. The third-order valence-electron chi connectivity index (χ3n) is 4.49. The number of anilines is 2. The van der Waals surface area contributed by atoms with Crippen LogP contribution >= 0.6 is 0 Å². The van der Waals surface area contributed by atoms with E-state index < -0.39 is 5.97 Å². The maximum Gasteiger partial charge on any atom is 0.340 e. The summed E-state index contributed by atoms with van der Waals surface area (Å²) in [5.41, 5.74) is 1.88. The summed E-state index contributed by atoms with van der Waals surface area (Å²) in [7, 11) is 0. The molecule has 8 heteroatoms. The topological polar surface area (TPSA) is 91.8 Å². The summed E-state index contributed by atoms with van der Waals surface area (Å²) in [5, 5.41) is 2.76. The molecule has 2 heterocycles. The van der Waals surface area contributed by atoms with Crippen LogP contribution in [0.5, 0.6) is 0 Å². The van der Waals surface area contributed by atoms with Gasteiger partial charge in [-0.05, 0) is 25.1 Å². The van der Waals surface area contributed by atoms with Crippen molar-refractivity contribution in [1.29, 1.82) is 0 Å². The van der Waals surface area contributed by atoms with Crippen molar-refractivity contribution in [3.8, 4) is 0 Å². The zero-order valence-electron chi connectivity index (χ0n) is 15.6. The summed E-state index contributed by atoms with van der Waals surface area (Å²) in [6.45, 7) is 4.60. The highest BCUT2D eigenvalue weighted by molar-refractivity contribution is 6.08. The normalized spacial score (nSPS) is 13.8. The Labute approximate surface area is 163 Å². The average molecular weight is 382 g/mol. The third-order valence-corrected chi connectivity index (χ3v) is 4.49. The molecular formula is C20H22N4O4. The van der Waals surface area contributed by atoms with Crippen LogP contribution in [0.15, 0.2) is 42.7 Å². The molecule has 1 aliphatic rings. The molecular weight excluding hydrogens is 360 g/mol. The maximum atomic E-state index is 12.7. The smallest absolute Gasteiger partial charge is 0.340 e. The summed E-state index contributed by atoms with van der Waals surface area (Å²) in [6, 6.07) is 8.46. The van der Waals surface area contributed by atoms with Crippen LogP contribution in [0.4, 0.5) is 11.4 Å². The lowest BCUT2D eigenvalue weighted by Crippen LogP contribution is -2.45. The molecule has 1 fully saturated rings. The molecule has 1 saturated heterocycles. The van der Waals surface area contributed by atoms with E-state index in [4.69, 9.17) is 4.74 Å². The van der Waals surface area contributed by atoms with E-state index in [-0.39, 0.29) is 12.5 Å². The van der Waals surface area contributed by atoms with Crippen molar-refractivity contribution < 1.29 is 19.1 Å². The Bertz CT molecular complexity index is 863. The highest BCUT2D eigenvalue weighted by Crippen LogP contribution is 2.20. The number of ether oxygens (including phenoxy) is 1. The van der Waals surface area contributed by atoms with E-state index in [9.17, 15) is 14.4 Å². The summed E-state index contributed by atoms with van der Waals surface area (Å²) < 4.78 is 5.03. The molecule has 2 amide bonds. The fourth-order valence-electron chi connectivity index (χ4n) is 2.98. The largest absolute Gasteiger partial charge is 0.462 e. The van der Waals surface area contributed by atoms with Gasteiger partial charge in [-0.1, -0.05) is 12.1 Å². The van der Waals surface area contributed by atoms with Gasteiger partial charge in [0.1, 0.15) is 0 Å². The van der Waals surface area contributed by atoms with Gasteiger partial charge in [-0.15, -0.1) is 0 Å². The number of rotatable bonds is 6. The van der Waals surface area contributed by atoms with E-state index in [0.717, 1.165) is 12.1 Å². The average Bonchev–Trinajstić information content (AvgIpc) is 2.74. The second-order valence-electron chi connectivity index (χ2n) is 6.28. The summed E-state index contributed by atoms with van der Waals surface area (Å²) in [5.74, 6) is -0.851. The predicted octanol–water partition coefficient (Wildman–Crippen LogP) is 1.79. The van der Waals surface area contributed by atoms with Gasteiger partial charge in [-0.2, -0.15) is 0 Å². The number of nitrogens with zero attached hydrogens (tertiary/aromatic N) is 3. The molecule has 0 bridgehead atoms. The molecule has 0 saturated carbocycles. The van der Waals surface area contributed by atoms with Crippen LogP contribution in [0, 0.1) is 0 Å². The van der Waals surface area contributed by atoms with Crippen LogP contribution in [0.1, 0.15) is 27.6 Å². The highest BCUT2D eigenvalue weighted by Gasteiger charge is 2.19. The molecule has 1 aromatic carbocycles. The fourth-order valence-corrected chi connectivity index (χ4v) is 2.98. The van der Waals surface area contributed by atoms with Crippen molar-refractivity contribution in [2.24, 2.45) is 0 Å². The molecule has 2 aromatic rings. The van der Waals surface area contributed by atoms with E-state index >= 15 is 0 Å². The van der Waals surface area contributed by atoms with Gasteiger partial charge in [0.05, 0.1) is 35.3 Å². The standard InChI is InChI=1S/C20H22N4O4/c1-2-28-20(27)17-5-3-4-6-18(17)22-19(26)15-11-16(13-21-12-15)24-9-7-23(14-25)8-10-24/h3-6,11-14H,2,7-10H2,1H3,(H,22,26). The van der Waals surface area contributed by atoms with E-state index in [2.05, 4.69) is 15.2 Å². The first kappa shape index (κ1) is 19.3. The number of benzene rings is 1. The van der Waals surface area contributed by atoms with Crippen molar-refractivity contribution in [2.75, 3.05) is 43.0 Å². The second-order valence-corrected chi connectivity index (χ2v) is 6.28. The number of piperazine rings is 1. The Balaban J connectivity index is 1.74. The Hall–Kier alpha value is -3.42. The molecule has 0 aliphatic carbocycles. The van der Waals surface area contributed by atoms with Gasteiger partial charge >= 0.3 is 5.97 Å². The number of para-hydroxylation sites is 1. The van der Waals surface area contributed by atoms with Crippen LogP contribution < -0.4 is 10.2 Å². The lowest BCUT2D eigenvalue weighted by atomic mass is 10.1. The number of hydrogen-bond acceptors (Lipinski definition) is 6. The fraction of sp³-hybridized carbons (Fsp3) is 0.300. The molecule has 1 N–H and O–H groups in total. The van der Waals surface area contributed by atoms with Gasteiger partial charge in [0.15, 0.2) is 0 Å². The zero-order chi connectivity index (χ0) is 19.9. The minimum atomic E-state index is -0.488. The molecule has 0 atom stereocenters. The number of carbonyl (C=O) groups excluding carboxylic acids is 3. The lowest BCUT2D eigenvalue weighted by Gasteiger charge is -2.34. The number of pyridine rings is 1. The van der Waals surface area contributed by atoms with Gasteiger partial charge in [0.2, 0.25) is 6.41 Å². The van der Waals surface area contributed by atoms with Gasteiger partial charge in [0.25, 0.3) is 5.91 Å². The van der Waals surface area contributed by atoms with Gasteiger partial charge in [0, 0.05) is 32.4 Å². The van der Waals surface area contributed by atoms with Crippen molar-refractivity contribution in [2.45, 2.75) is 6.92 Å². The van der Waals surface area contributed by atoms with Crippen LogP contribution in [0.2, 0.25) is 0 Å². The molecule has 0 radical (unpaired) electrons. The minimum Gasteiger partial charge on any atom is -0.462 e. The highest BCUT2D eigenvalue weighted by atomic mass is 16.5. The van der Waals surface area contributed by atoms with Crippen LogP contribution in [0.25, 0.3) is 0 Å². The van der Waals surface area contributed by atoms with Gasteiger partial charge in [-0.3, -0.25) is 14.6 Å². The number of esters is 1. The van der Waals surface area contributed by atoms with Crippen LogP contribution in [-0.4, -0.2) is 61.0 Å². The van der Waals surface area contributed by atoms with E-state index in [1.54, 1.807) is 48.4 Å². The van der Waals surface area contributed by atoms with Gasteiger partial charge < -0.3 is 19.9 Å². The van der Waals surface area contributed by atoms with E-state index in [1.165, 1.54) is 6.20 Å². The van der Waals surface area contributed by atoms with Crippen LogP contribution in [-0.2, 0) is 9.53 Å². The zero-order valence-corrected chi connectivity index (χ0v) is 15.6. The first-order chi connectivity index (χ1) is 13.6. The van der Waals surface area contributed by atoms with Crippen molar-refractivity contribution in [1.82, 2.24) is 9.88 Å². The minimum absolute atomic E-state index is 0.254. The molecule has 1 aromatic heterocycles. The predicted molar refractivity (Wildman–Crippen MR) is 104 cm³/mol. The Kier molecular flexibility index (Phi) is 6.21. The van der Waals surface area contributed by atoms with Crippen molar-refractivity contribution >= 4 is 29.7 Å². The SMILES string of the molecule is CCOC(=O)c1ccccc1NC(=O)c1cncc(N2CCN(C=O)CC2)c1. The maximum absolute atomic E-state index is 12.7. The number of hydrogen-bond donors (Lipinski definition) is 1. The van der Waals surface area contributed by atoms with E-state index in [1.807, 2.05) is 0 Å². The first-order valence-corrected chi connectivity index (χ1v) is 9.09. The van der Waals surface area contributed by atoms with Gasteiger partial charge in [-0.25, -0.2) is 4.79 Å². The monoisotopic (exact) mass is 382 g/mol. The van der Waals surface area contributed by atoms with Crippen molar-refractivity contribution in [3.63, 3.8) is 0 Å². The molecule has 0 spiro atoms. The Morgan fingerprint density at radius 2 is 1.93 bits per heavy atom. The molecule has 3 rings (SSSR count). The Morgan fingerprint density at radius 1 is 1.18 bits per heavy atom. The Morgan fingerprint density at radius 3 is 2.64 bits per heavy atom.